The molecule has 0 fully saturated rings. The van der Waals surface area contributed by atoms with Crippen molar-refractivity contribution in [3.05, 3.63) is 65.9 Å². The molecule has 0 saturated carbocycles. The summed E-state index contributed by atoms with van der Waals surface area (Å²) >= 11 is 6.10. The highest BCUT2D eigenvalue weighted by molar-refractivity contribution is 6.31. The van der Waals surface area contributed by atoms with Gasteiger partial charge in [-0.3, -0.25) is 0 Å². The molecule has 0 aliphatic heterocycles. The quantitative estimate of drug-likeness (QED) is 0.665. The molecule has 2 aromatic carbocycles. The fraction of sp³-hybridized carbons (Fsp3) is 0. The van der Waals surface area contributed by atoms with E-state index >= 15 is 0 Å². The fourth-order valence-electron chi connectivity index (χ4n) is 1.78. The van der Waals surface area contributed by atoms with Crippen LogP contribution in [0.3, 0.4) is 0 Å². The number of oxazole rings is 1. The van der Waals surface area contributed by atoms with Gasteiger partial charge in [0, 0.05) is 11.1 Å². The lowest BCUT2D eigenvalue weighted by Crippen LogP contribution is -1.79. The molecule has 0 unspecified atom stereocenters. The Morgan fingerprint density at radius 1 is 0.778 bits per heavy atom. The van der Waals surface area contributed by atoms with E-state index in [-0.39, 0.29) is 0 Å². The van der Waals surface area contributed by atoms with Gasteiger partial charge in [-0.2, -0.15) is 0 Å². The number of aromatic nitrogens is 1. The average molecular weight is 256 g/mol. The summed E-state index contributed by atoms with van der Waals surface area (Å²) in [7, 11) is 0. The summed E-state index contributed by atoms with van der Waals surface area (Å²) in [5.41, 5.74) is 2.55. The third kappa shape index (κ3) is 2.03. The number of hydrogen-bond acceptors (Lipinski definition) is 2. The molecule has 3 rings (SSSR count). The molecule has 0 saturated heterocycles. The minimum Gasteiger partial charge on any atom is -0.424 e. The van der Waals surface area contributed by atoms with E-state index in [4.69, 9.17) is 16.0 Å². The van der Waals surface area contributed by atoms with E-state index in [2.05, 4.69) is 4.98 Å². The molecule has 0 radical (unpaired) electrons. The van der Waals surface area contributed by atoms with Gasteiger partial charge in [-0.1, -0.05) is 48.5 Å². The van der Waals surface area contributed by atoms with Crippen LogP contribution < -0.4 is 0 Å². The van der Waals surface area contributed by atoms with Gasteiger partial charge < -0.3 is 4.42 Å². The van der Waals surface area contributed by atoms with Crippen LogP contribution >= 0.6 is 11.6 Å². The van der Waals surface area contributed by atoms with Crippen molar-refractivity contribution in [2.24, 2.45) is 0 Å². The van der Waals surface area contributed by atoms with E-state index in [1.165, 1.54) is 0 Å². The van der Waals surface area contributed by atoms with Crippen molar-refractivity contribution in [2.45, 2.75) is 0 Å². The highest BCUT2D eigenvalue weighted by Gasteiger charge is 2.13. The predicted molar refractivity (Wildman–Crippen MR) is 72.4 cm³/mol. The third-order valence-corrected chi connectivity index (χ3v) is 2.91. The highest BCUT2D eigenvalue weighted by atomic mass is 35.5. The van der Waals surface area contributed by atoms with Crippen molar-refractivity contribution in [1.29, 1.82) is 0 Å². The minimum absolute atomic E-state index is 0.319. The van der Waals surface area contributed by atoms with Crippen LogP contribution in [0.25, 0.3) is 22.7 Å². The number of benzene rings is 2. The first-order valence-electron chi connectivity index (χ1n) is 5.62. The largest absolute Gasteiger partial charge is 0.424 e. The van der Waals surface area contributed by atoms with Crippen molar-refractivity contribution in [2.75, 3.05) is 0 Å². The molecule has 1 heterocycles. The molecule has 0 N–H and O–H groups in total. The van der Waals surface area contributed by atoms with Gasteiger partial charge in [0.2, 0.25) is 11.1 Å². The molecule has 0 bridgehead atoms. The van der Waals surface area contributed by atoms with E-state index in [0.717, 1.165) is 11.1 Å². The smallest absolute Gasteiger partial charge is 0.228 e. The molecule has 0 aliphatic carbocycles. The van der Waals surface area contributed by atoms with Gasteiger partial charge in [0.15, 0.2) is 0 Å². The Morgan fingerprint density at radius 3 is 1.94 bits per heavy atom. The normalized spacial score (nSPS) is 10.5. The lowest BCUT2D eigenvalue weighted by Gasteiger charge is -1.94. The van der Waals surface area contributed by atoms with Gasteiger partial charge >= 0.3 is 0 Å². The van der Waals surface area contributed by atoms with E-state index < -0.39 is 0 Å². The van der Waals surface area contributed by atoms with Crippen LogP contribution in [0.4, 0.5) is 0 Å². The van der Waals surface area contributed by atoms with Crippen molar-refractivity contribution in [3.8, 4) is 22.7 Å². The molecule has 0 atom stereocenters. The summed E-state index contributed by atoms with van der Waals surface area (Å²) in [5, 5.41) is 0.319. The Bertz CT molecular complexity index is 647. The first-order valence-corrected chi connectivity index (χ1v) is 5.99. The highest BCUT2D eigenvalue weighted by Crippen LogP contribution is 2.31. The van der Waals surface area contributed by atoms with Gasteiger partial charge in [-0.15, -0.1) is 0 Å². The predicted octanol–water partition coefficient (Wildman–Crippen LogP) is 4.66. The SMILES string of the molecule is Clc1oc(-c2ccccc2)nc1-c1ccccc1. The van der Waals surface area contributed by atoms with Gasteiger partial charge in [0.1, 0.15) is 5.69 Å². The second kappa shape index (κ2) is 4.67. The zero-order valence-corrected chi connectivity index (χ0v) is 10.3. The summed E-state index contributed by atoms with van der Waals surface area (Å²) in [6.45, 7) is 0. The number of nitrogens with zero attached hydrogens (tertiary/aromatic N) is 1. The van der Waals surface area contributed by atoms with Crippen LogP contribution in [0.15, 0.2) is 65.1 Å². The zero-order valence-electron chi connectivity index (χ0n) is 9.51. The minimum atomic E-state index is 0.319. The summed E-state index contributed by atoms with van der Waals surface area (Å²) in [6.07, 6.45) is 0. The monoisotopic (exact) mass is 255 g/mol. The summed E-state index contributed by atoms with van der Waals surface area (Å²) < 4.78 is 5.51. The number of halogens is 1. The van der Waals surface area contributed by atoms with E-state index in [1.807, 2.05) is 60.7 Å². The first-order chi connectivity index (χ1) is 8.84. The molecule has 3 aromatic rings. The Hall–Kier alpha value is -2.06. The second-order valence-corrected chi connectivity index (χ2v) is 4.22. The Morgan fingerprint density at radius 2 is 1.33 bits per heavy atom. The maximum Gasteiger partial charge on any atom is 0.228 e. The molecular formula is C15H10ClNO. The third-order valence-electron chi connectivity index (χ3n) is 2.65. The molecule has 0 spiro atoms. The molecule has 18 heavy (non-hydrogen) atoms. The maximum absolute atomic E-state index is 6.10. The number of hydrogen-bond donors (Lipinski definition) is 0. The summed E-state index contributed by atoms with van der Waals surface area (Å²) in [4.78, 5) is 4.45. The standard InChI is InChI=1S/C15H10ClNO/c16-14-13(11-7-3-1-4-8-11)17-15(18-14)12-9-5-2-6-10-12/h1-10H. The van der Waals surface area contributed by atoms with E-state index in [9.17, 15) is 0 Å². The summed E-state index contributed by atoms with van der Waals surface area (Å²) in [6, 6.07) is 19.5. The van der Waals surface area contributed by atoms with Crippen LogP contribution in [0.5, 0.6) is 0 Å². The molecule has 88 valence electrons. The Balaban J connectivity index is 2.07. The lowest BCUT2D eigenvalue weighted by molar-refractivity contribution is 0.577. The summed E-state index contributed by atoms with van der Waals surface area (Å²) in [5.74, 6) is 0.541. The van der Waals surface area contributed by atoms with Crippen molar-refractivity contribution >= 4 is 11.6 Å². The Labute approximate surface area is 110 Å². The van der Waals surface area contributed by atoms with Gasteiger partial charge in [0.25, 0.3) is 0 Å². The molecule has 1 aromatic heterocycles. The van der Waals surface area contributed by atoms with Crippen LogP contribution in [0.2, 0.25) is 5.22 Å². The van der Waals surface area contributed by atoms with Crippen LogP contribution in [-0.2, 0) is 0 Å². The van der Waals surface area contributed by atoms with Gasteiger partial charge in [-0.25, -0.2) is 4.98 Å². The van der Waals surface area contributed by atoms with Crippen molar-refractivity contribution in [3.63, 3.8) is 0 Å². The van der Waals surface area contributed by atoms with E-state index in [1.54, 1.807) is 0 Å². The van der Waals surface area contributed by atoms with Crippen molar-refractivity contribution < 1.29 is 4.42 Å². The first kappa shape index (κ1) is 11.1. The molecule has 3 heteroatoms. The second-order valence-electron chi connectivity index (χ2n) is 3.87. The molecule has 0 amide bonds. The van der Waals surface area contributed by atoms with Crippen LogP contribution in [-0.4, -0.2) is 4.98 Å². The van der Waals surface area contributed by atoms with Crippen molar-refractivity contribution in [1.82, 2.24) is 4.98 Å². The lowest BCUT2D eigenvalue weighted by atomic mass is 10.2. The average Bonchev–Trinajstić information content (AvgIpc) is 2.83. The number of rotatable bonds is 2. The maximum atomic E-state index is 6.10. The fourth-order valence-corrected chi connectivity index (χ4v) is 2.00. The Kier molecular flexibility index (Phi) is 2.87. The van der Waals surface area contributed by atoms with Crippen LogP contribution in [0.1, 0.15) is 0 Å². The van der Waals surface area contributed by atoms with E-state index in [0.29, 0.717) is 16.8 Å². The topological polar surface area (TPSA) is 26.0 Å². The zero-order chi connectivity index (χ0) is 12.4. The van der Waals surface area contributed by atoms with Gasteiger partial charge in [0.05, 0.1) is 0 Å². The van der Waals surface area contributed by atoms with Crippen LogP contribution in [0, 0.1) is 0 Å². The van der Waals surface area contributed by atoms with Gasteiger partial charge in [-0.05, 0) is 23.7 Å². The molecule has 0 aliphatic rings. The molecule has 2 nitrogen and oxygen atoms in total. The molecular weight excluding hydrogens is 246 g/mol.